The summed E-state index contributed by atoms with van der Waals surface area (Å²) in [7, 11) is 0. The van der Waals surface area contributed by atoms with Crippen molar-refractivity contribution in [1.29, 1.82) is 0 Å². The molecule has 0 bridgehead atoms. The van der Waals surface area contributed by atoms with Crippen LogP contribution < -0.4 is 10.6 Å². The van der Waals surface area contributed by atoms with Crippen LogP contribution in [0.1, 0.15) is 31.0 Å². The van der Waals surface area contributed by atoms with E-state index in [9.17, 15) is 9.59 Å². The van der Waals surface area contributed by atoms with Gasteiger partial charge in [-0.05, 0) is 19.3 Å². The van der Waals surface area contributed by atoms with Crippen molar-refractivity contribution in [2.75, 3.05) is 0 Å². The molecule has 19 heavy (non-hydrogen) atoms. The molecule has 3 N–H and O–H groups in total. The van der Waals surface area contributed by atoms with Gasteiger partial charge in [0.25, 0.3) is 0 Å². The van der Waals surface area contributed by atoms with Crippen LogP contribution in [0.3, 0.4) is 0 Å². The Balaban J connectivity index is 2.42. The summed E-state index contributed by atoms with van der Waals surface area (Å²) >= 11 is 1.46. The van der Waals surface area contributed by atoms with Crippen molar-refractivity contribution < 1.29 is 14.7 Å². The highest BCUT2D eigenvalue weighted by molar-refractivity contribution is 7.09. The number of aryl methyl sites for hydroxylation is 1. The first kappa shape index (κ1) is 15.4. The van der Waals surface area contributed by atoms with Crippen LogP contribution in [0, 0.1) is 12.8 Å². The monoisotopic (exact) mass is 285 g/mol. The Hall–Kier alpha value is -1.63. The number of carboxylic acids is 1. The highest BCUT2D eigenvalue weighted by atomic mass is 32.1. The zero-order valence-corrected chi connectivity index (χ0v) is 12.1. The van der Waals surface area contributed by atoms with Crippen molar-refractivity contribution in [2.45, 2.75) is 39.8 Å². The molecule has 0 aromatic carbocycles. The average molecular weight is 285 g/mol. The average Bonchev–Trinajstić information content (AvgIpc) is 2.71. The first-order valence-corrected chi connectivity index (χ1v) is 6.94. The first-order chi connectivity index (χ1) is 8.88. The van der Waals surface area contributed by atoms with E-state index in [1.165, 1.54) is 11.3 Å². The summed E-state index contributed by atoms with van der Waals surface area (Å²) in [4.78, 5) is 26.8. The molecule has 0 saturated heterocycles. The van der Waals surface area contributed by atoms with Crippen LogP contribution in [0.4, 0.5) is 4.79 Å². The SMILES string of the molecule is Cc1csc(CNC(=O)N[C@H](CC(C)C)C(=O)O)n1. The molecule has 0 saturated carbocycles. The van der Waals surface area contributed by atoms with Gasteiger partial charge in [-0.1, -0.05) is 13.8 Å². The predicted octanol–water partition coefficient (Wildman–Crippen LogP) is 1.75. The molecular formula is C12H19N3O3S. The molecule has 0 fully saturated rings. The lowest BCUT2D eigenvalue weighted by atomic mass is 10.0. The van der Waals surface area contributed by atoms with Crippen LogP contribution in [0.15, 0.2) is 5.38 Å². The van der Waals surface area contributed by atoms with Gasteiger partial charge in [-0.3, -0.25) is 0 Å². The highest BCUT2D eigenvalue weighted by Crippen LogP contribution is 2.08. The number of hydrogen-bond acceptors (Lipinski definition) is 4. The highest BCUT2D eigenvalue weighted by Gasteiger charge is 2.20. The molecular weight excluding hydrogens is 266 g/mol. The summed E-state index contributed by atoms with van der Waals surface area (Å²) in [5, 5.41) is 16.8. The van der Waals surface area contributed by atoms with Crippen LogP contribution in [0.2, 0.25) is 0 Å². The number of carboxylic acid groups (broad SMARTS) is 1. The van der Waals surface area contributed by atoms with E-state index in [-0.39, 0.29) is 5.92 Å². The van der Waals surface area contributed by atoms with Gasteiger partial charge in [0.05, 0.1) is 6.54 Å². The van der Waals surface area contributed by atoms with Gasteiger partial charge in [0.1, 0.15) is 11.0 Å². The second kappa shape index (κ2) is 7.08. The number of rotatable bonds is 6. The van der Waals surface area contributed by atoms with Crippen molar-refractivity contribution >= 4 is 23.3 Å². The zero-order chi connectivity index (χ0) is 14.4. The Labute approximate surface area is 116 Å². The Morgan fingerprint density at radius 1 is 1.47 bits per heavy atom. The summed E-state index contributed by atoms with van der Waals surface area (Å²) in [6, 6.07) is -1.35. The fourth-order valence-electron chi connectivity index (χ4n) is 1.54. The number of urea groups is 1. The van der Waals surface area contributed by atoms with E-state index in [0.717, 1.165) is 10.7 Å². The number of hydrogen-bond donors (Lipinski definition) is 3. The zero-order valence-electron chi connectivity index (χ0n) is 11.3. The van der Waals surface area contributed by atoms with Crippen LogP contribution in [0.25, 0.3) is 0 Å². The quantitative estimate of drug-likeness (QED) is 0.742. The number of nitrogens with one attached hydrogen (secondary N) is 2. The topological polar surface area (TPSA) is 91.3 Å². The van der Waals surface area contributed by atoms with Gasteiger partial charge in [-0.25, -0.2) is 14.6 Å². The molecule has 0 spiro atoms. The van der Waals surface area contributed by atoms with Gasteiger partial charge < -0.3 is 15.7 Å². The fourth-order valence-corrected chi connectivity index (χ4v) is 2.25. The maximum Gasteiger partial charge on any atom is 0.326 e. The molecule has 1 rings (SSSR count). The molecule has 1 aromatic heterocycles. The number of amides is 2. The van der Waals surface area contributed by atoms with Gasteiger partial charge in [-0.15, -0.1) is 11.3 Å². The molecule has 7 heteroatoms. The predicted molar refractivity (Wildman–Crippen MR) is 73.1 cm³/mol. The minimum Gasteiger partial charge on any atom is -0.480 e. The Kier molecular flexibility index (Phi) is 5.75. The maximum atomic E-state index is 11.6. The Morgan fingerprint density at radius 2 is 2.16 bits per heavy atom. The second-order valence-electron chi connectivity index (χ2n) is 4.73. The number of carbonyl (C=O) groups excluding carboxylic acids is 1. The Morgan fingerprint density at radius 3 is 2.63 bits per heavy atom. The molecule has 0 unspecified atom stereocenters. The van der Waals surface area contributed by atoms with Crippen molar-refractivity contribution in [3.63, 3.8) is 0 Å². The van der Waals surface area contributed by atoms with Gasteiger partial charge in [0.2, 0.25) is 0 Å². The summed E-state index contributed by atoms with van der Waals surface area (Å²) in [6.45, 7) is 6.00. The summed E-state index contributed by atoms with van der Waals surface area (Å²) in [5.41, 5.74) is 0.908. The third kappa shape index (κ3) is 5.69. The van der Waals surface area contributed by atoms with Gasteiger partial charge in [0.15, 0.2) is 0 Å². The number of aliphatic carboxylic acids is 1. The summed E-state index contributed by atoms with van der Waals surface area (Å²) in [5.74, 6) is -0.822. The molecule has 6 nitrogen and oxygen atoms in total. The minimum atomic E-state index is -1.02. The number of thiazole rings is 1. The molecule has 106 valence electrons. The third-order valence-electron chi connectivity index (χ3n) is 2.38. The smallest absolute Gasteiger partial charge is 0.326 e. The molecule has 0 radical (unpaired) electrons. The molecule has 1 aromatic rings. The van der Waals surface area contributed by atoms with Crippen molar-refractivity contribution in [3.8, 4) is 0 Å². The van der Waals surface area contributed by atoms with E-state index in [4.69, 9.17) is 5.11 Å². The van der Waals surface area contributed by atoms with E-state index < -0.39 is 18.0 Å². The number of nitrogens with zero attached hydrogens (tertiary/aromatic N) is 1. The summed E-state index contributed by atoms with van der Waals surface area (Å²) < 4.78 is 0. The van der Waals surface area contributed by atoms with Crippen molar-refractivity contribution in [2.24, 2.45) is 5.92 Å². The van der Waals surface area contributed by atoms with Gasteiger partial charge in [0, 0.05) is 11.1 Å². The van der Waals surface area contributed by atoms with Crippen LogP contribution in [-0.2, 0) is 11.3 Å². The van der Waals surface area contributed by atoms with Gasteiger partial charge in [-0.2, -0.15) is 0 Å². The van der Waals surface area contributed by atoms with E-state index in [2.05, 4.69) is 15.6 Å². The second-order valence-corrected chi connectivity index (χ2v) is 5.67. The van der Waals surface area contributed by atoms with Gasteiger partial charge >= 0.3 is 12.0 Å². The molecule has 1 heterocycles. The third-order valence-corrected chi connectivity index (χ3v) is 3.34. The molecule has 0 aliphatic heterocycles. The van der Waals surface area contributed by atoms with Crippen molar-refractivity contribution in [3.05, 3.63) is 16.1 Å². The fraction of sp³-hybridized carbons (Fsp3) is 0.583. The van der Waals surface area contributed by atoms with Crippen LogP contribution in [-0.4, -0.2) is 28.1 Å². The number of carbonyl (C=O) groups is 2. The molecule has 1 atom stereocenters. The lowest BCUT2D eigenvalue weighted by Gasteiger charge is -2.16. The lowest BCUT2D eigenvalue weighted by molar-refractivity contribution is -0.139. The normalized spacial score (nSPS) is 12.2. The van der Waals surface area contributed by atoms with Crippen molar-refractivity contribution in [1.82, 2.24) is 15.6 Å². The maximum absolute atomic E-state index is 11.6. The lowest BCUT2D eigenvalue weighted by Crippen LogP contribution is -2.46. The molecule has 2 amide bonds. The largest absolute Gasteiger partial charge is 0.480 e. The van der Waals surface area contributed by atoms with E-state index in [0.29, 0.717) is 13.0 Å². The Bertz CT molecular complexity index is 445. The summed E-state index contributed by atoms with van der Waals surface area (Å²) in [6.07, 6.45) is 0.402. The van der Waals surface area contributed by atoms with Crippen LogP contribution in [0.5, 0.6) is 0 Å². The molecule has 0 aliphatic rings. The van der Waals surface area contributed by atoms with E-state index >= 15 is 0 Å². The minimum absolute atomic E-state index is 0.197. The molecule has 0 aliphatic carbocycles. The first-order valence-electron chi connectivity index (χ1n) is 6.06. The van der Waals surface area contributed by atoms with E-state index in [1.54, 1.807) is 0 Å². The number of aromatic nitrogens is 1. The van der Waals surface area contributed by atoms with Crippen LogP contribution >= 0.6 is 11.3 Å². The standard InChI is InChI=1S/C12H19N3O3S/c1-7(2)4-9(11(16)17)15-12(18)13-5-10-14-8(3)6-19-10/h6-7,9H,4-5H2,1-3H3,(H,16,17)(H2,13,15,18)/t9-/m1/s1. The van der Waals surface area contributed by atoms with E-state index in [1.807, 2.05) is 26.2 Å².